The first-order valence-electron chi connectivity index (χ1n) is 9.47. The maximum atomic E-state index is 12.4. The molecule has 1 aliphatic heterocycles. The summed E-state index contributed by atoms with van der Waals surface area (Å²) in [6, 6.07) is 11.3. The highest BCUT2D eigenvalue weighted by molar-refractivity contribution is 6.07. The molecule has 2 aromatic carbocycles. The van der Waals surface area contributed by atoms with Crippen LogP contribution in [0.1, 0.15) is 25.8 Å². The van der Waals surface area contributed by atoms with Gasteiger partial charge in [0.2, 0.25) is 0 Å². The van der Waals surface area contributed by atoms with Gasteiger partial charge in [-0.15, -0.1) is 0 Å². The number of hydrogen-bond acceptors (Lipinski definition) is 5. The number of likely N-dealkylation sites (N-methyl/N-ethyl adjacent to an activating group) is 1. The third kappa shape index (κ3) is 4.32. The molecule has 1 heterocycles. The zero-order valence-electron chi connectivity index (χ0n) is 17.1. The Morgan fingerprint density at radius 3 is 2.55 bits per heavy atom. The molecule has 4 amide bonds. The second kappa shape index (κ2) is 8.08. The van der Waals surface area contributed by atoms with E-state index in [0.717, 1.165) is 27.1 Å². The van der Waals surface area contributed by atoms with Crippen molar-refractivity contribution in [2.24, 2.45) is 0 Å². The number of carbonyl (C=O) groups excluding carboxylic acids is 3. The predicted octanol–water partition coefficient (Wildman–Crippen LogP) is 2.03. The Bertz CT molecular complexity index is 961. The Labute approximate surface area is 169 Å². The molecule has 0 radical (unpaired) electrons. The fourth-order valence-corrected chi connectivity index (χ4v) is 3.30. The minimum absolute atomic E-state index is 0.0422. The minimum atomic E-state index is -0.982. The maximum absolute atomic E-state index is 12.4. The lowest BCUT2D eigenvalue weighted by Gasteiger charge is -2.21. The molecular weight excluding hydrogens is 372 g/mol. The molecule has 2 N–H and O–H groups in total. The van der Waals surface area contributed by atoms with Gasteiger partial charge >= 0.3 is 6.03 Å². The Balaban J connectivity index is 1.60. The molecule has 1 atom stereocenters. The van der Waals surface area contributed by atoms with Crippen molar-refractivity contribution in [1.29, 1.82) is 0 Å². The molecule has 1 saturated heterocycles. The summed E-state index contributed by atoms with van der Waals surface area (Å²) in [5, 5.41) is 5.53. The Morgan fingerprint density at radius 1 is 1.21 bits per heavy atom. The van der Waals surface area contributed by atoms with Crippen molar-refractivity contribution in [2.45, 2.75) is 32.4 Å². The molecule has 0 saturated carbocycles. The lowest BCUT2D eigenvalue weighted by Crippen LogP contribution is -2.50. The molecule has 0 spiro atoms. The van der Waals surface area contributed by atoms with E-state index in [-0.39, 0.29) is 6.54 Å². The third-order valence-corrected chi connectivity index (χ3v) is 5.18. The number of hydrogen-bond donors (Lipinski definition) is 2. The number of nitrogens with one attached hydrogen (secondary N) is 2. The van der Waals surface area contributed by atoms with E-state index in [2.05, 4.69) is 16.8 Å². The van der Waals surface area contributed by atoms with E-state index < -0.39 is 23.4 Å². The molecule has 1 unspecified atom stereocenters. The number of ether oxygens (including phenoxy) is 1. The number of imide groups is 1. The first-order valence-corrected chi connectivity index (χ1v) is 9.47. The number of rotatable bonds is 7. The number of benzene rings is 2. The van der Waals surface area contributed by atoms with Crippen LogP contribution in [-0.4, -0.2) is 54.0 Å². The zero-order chi connectivity index (χ0) is 21.2. The van der Waals surface area contributed by atoms with Gasteiger partial charge in [0.1, 0.15) is 11.3 Å². The SMILES string of the molecule is CCC1(C)NC(=O)N(NC(=O)CN(C)Cc2ccc3cc(OC)ccc3c2)C1=O. The second-order valence-corrected chi connectivity index (χ2v) is 7.51. The van der Waals surface area contributed by atoms with Crippen LogP contribution >= 0.6 is 0 Å². The summed E-state index contributed by atoms with van der Waals surface area (Å²) in [6.07, 6.45) is 0.442. The van der Waals surface area contributed by atoms with Crippen LogP contribution in [0.3, 0.4) is 0 Å². The van der Waals surface area contributed by atoms with E-state index in [1.165, 1.54) is 0 Å². The van der Waals surface area contributed by atoms with Crippen LogP contribution in [-0.2, 0) is 16.1 Å². The van der Waals surface area contributed by atoms with Crippen molar-refractivity contribution in [3.8, 4) is 5.75 Å². The number of hydrazine groups is 1. The van der Waals surface area contributed by atoms with Crippen molar-refractivity contribution in [1.82, 2.24) is 20.7 Å². The van der Waals surface area contributed by atoms with Gasteiger partial charge in [0.15, 0.2) is 0 Å². The zero-order valence-corrected chi connectivity index (χ0v) is 17.1. The summed E-state index contributed by atoms with van der Waals surface area (Å²) < 4.78 is 5.24. The molecule has 8 heteroatoms. The molecule has 1 fully saturated rings. The average molecular weight is 398 g/mol. The van der Waals surface area contributed by atoms with Crippen LogP contribution < -0.4 is 15.5 Å². The predicted molar refractivity (Wildman–Crippen MR) is 109 cm³/mol. The van der Waals surface area contributed by atoms with Gasteiger partial charge < -0.3 is 10.1 Å². The van der Waals surface area contributed by atoms with Crippen LogP contribution in [0, 0.1) is 0 Å². The molecule has 3 rings (SSSR count). The number of nitrogens with zero attached hydrogens (tertiary/aromatic N) is 2. The maximum Gasteiger partial charge on any atom is 0.344 e. The van der Waals surface area contributed by atoms with E-state index in [0.29, 0.717) is 13.0 Å². The number of carbonyl (C=O) groups is 3. The van der Waals surface area contributed by atoms with Crippen molar-refractivity contribution >= 4 is 28.6 Å². The standard InChI is InChI=1S/C21H26N4O4/c1-5-21(2)19(27)25(20(28)22-21)23-18(26)13-24(3)12-14-6-7-16-11-17(29-4)9-8-15(16)10-14/h6-11H,5,12-13H2,1-4H3,(H,22,28)(H,23,26). The summed E-state index contributed by atoms with van der Waals surface area (Å²) in [7, 11) is 3.44. The first-order chi connectivity index (χ1) is 13.8. The normalized spacial score (nSPS) is 19.0. The molecule has 1 aliphatic rings. The van der Waals surface area contributed by atoms with Crippen molar-refractivity contribution in [3.05, 3.63) is 42.0 Å². The van der Waals surface area contributed by atoms with Crippen LogP contribution in [0.15, 0.2) is 36.4 Å². The summed E-state index contributed by atoms with van der Waals surface area (Å²) >= 11 is 0. The van der Waals surface area contributed by atoms with E-state index in [1.807, 2.05) is 35.2 Å². The highest BCUT2D eigenvalue weighted by atomic mass is 16.5. The van der Waals surface area contributed by atoms with Gasteiger partial charge in [-0.1, -0.05) is 25.1 Å². The quantitative estimate of drug-likeness (QED) is 0.697. The smallest absolute Gasteiger partial charge is 0.344 e. The van der Waals surface area contributed by atoms with Crippen LogP contribution in [0.4, 0.5) is 4.79 Å². The van der Waals surface area contributed by atoms with Gasteiger partial charge in [0.25, 0.3) is 11.8 Å². The molecule has 0 aliphatic carbocycles. The first kappa shape index (κ1) is 20.6. The van der Waals surface area contributed by atoms with Gasteiger partial charge in [-0.2, -0.15) is 5.01 Å². The van der Waals surface area contributed by atoms with E-state index in [9.17, 15) is 14.4 Å². The Kier molecular flexibility index (Phi) is 5.74. The monoisotopic (exact) mass is 398 g/mol. The summed E-state index contributed by atoms with van der Waals surface area (Å²) in [5.41, 5.74) is 2.47. The largest absolute Gasteiger partial charge is 0.497 e. The molecule has 8 nitrogen and oxygen atoms in total. The fourth-order valence-electron chi connectivity index (χ4n) is 3.30. The van der Waals surface area contributed by atoms with Gasteiger partial charge in [-0.25, -0.2) is 4.79 Å². The molecule has 0 aromatic heterocycles. The summed E-state index contributed by atoms with van der Waals surface area (Å²) in [6.45, 7) is 4.03. The summed E-state index contributed by atoms with van der Waals surface area (Å²) in [4.78, 5) is 38.5. The van der Waals surface area contributed by atoms with Gasteiger partial charge in [0, 0.05) is 6.54 Å². The number of methoxy groups -OCH3 is 1. The van der Waals surface area contributed by atoms with Crippen LogP contribution in [0.25, 0.3) is 10.8 Å². The number of urea groups is 1. The Hall–Kier alpha value is -3.13. The van der Waals surface area contributed by atoms with Crippen molar-refractivity contribution in [3.63, 3.8) is 0 Å². The average Bonchev–Trinajstić information content (AvgIpc) is 2.91. The van der Waals surface area contributed by atoms with Crippen LogP contribution in [0.2, 0.25) is 0 Å². The van der Waals surface area contributed by atoms with Crippen molar-refractivity contribution < 1.29 is 19.1 Å². The number of amides is 4. The van der Waals surface area contributed by atoms with Gasteiger partial charge in [-0.05, 0) is 54.9 Å². The lowest BCUT2D eigenvalue weighted by molar-refractivity contribution is -0.139. The lowest BCUT2D eigenvalue weighted by atomic mass is 10.00. The second-order valence-electron chi connectivity index (χ2n) is 7.51. The molecular formula is C21H26N4O4. The van der Waals surface area contributed by atoms with Crippen LogP contribution in [0.5, 0.6) is 5.75 Å². The molecule has 29 heavy (non-hydrogen) atoms. The third-order valence-electron chi connectivity index (χ3n) is 5.18. The van der Waals surface area contributed by atoms with Gasteiger partial charge in [-0.3, -0.25) is 19.9 Å². The number of fused-ring (bicyclic) bond motifs is 1. The van der Waals surface area contributed by atoms with E-state index in [4.69, 9.17) is 4.74 Å². The minimum Gasteiger partial charge on any atom is -0.497 e. The molecule has 0 bridgehead atoms. The highest BCUT2D eigenvalue weighted by Crippen LogP contribution is 2.22. The molecule has 154 valence electrons. The fraction of sp³-hybridized carbons (Fsp3) is 0.381. The Morgan fingerprint density at radius 2 is 1.90 bits per heavy atom. The van der Waals surface area contributed by atoms with E-state index in [1.54, 1.807) is 28.0 Å². The summed E-state index contributed by atoms with van der Waals surface area (Å²) in [5.74, 6) is -0.0773. The highest BCUT2D eigenvalue weighted by Gasteiger charge is 2.47. The van der Waals surface area contributed by atoms with Crippen molar-refractivity contribution in [2.75, 3.05) is 20.7 Å². The van der Waals surface area contributed by atoms with E-state index >= 15 is 0 Å². The molecule has 2 aromatic rings. The van der Waals surface area contributed by atoms with Gasteiger partial charge in [0.05, 0.1) is 13.7 Å². The topological polar surface area (TPSA) is 91.0 Å².